The van der Waals surface area contributed by atoms with Crippen molar-refractivity contribution in [3.63, 3.8) is 0 Å². The molecule has 0 spiro atoms. The summed E-state index contributed by atoms with van der Waals surface area (Å²) in [6.07, 6.45) is 0.556. The van der Waals surface area contributed by atoms with Gasteiger partial charge in [-0.1, -0.05) is 12.1 Å². The van der Waals surface area contributed by atoms with E-state index in [4.69, 9.17) is 0 Å². The number of halogens is 1. The highest BCUT2D eigenvalue weighted by Crippen LogP contribution is 2.04. The fourth-order valence-corrected chi connectivity index (χ4v) is 1.28. The summed E-state index contributed by atoms with van der Waals surface area (Å²) in [7, 11) is 0. The Hall–Kier alpha value is -1.91. The van der Waals surface area contributed by atoms with Crippen LogP contribution < -0.4 is 10.9 Å². The molecular weight excluding hydrogens is 197 g/mol. The highest BCUT2D eigenvalue weighted by molar-refractivity contribution is 5.92. The average Bonchev–Trinajstić information content (AvgIpc) is 2.25. The molecule has 0 fully saturated rings. The Morgan fingerprint density at radius 1 is 1.27 bits per heavy atom. The van der Waals surface area contributed by atoms with Gasteiger partial charge < -0.3 is 0 Å². The maximum Gasteiger partial charge on any atom is 0.260 e. The van der Waals surface area contributed by atoms with Crippen LogP contribution in [0.1, 0.15) is 5.56 Å². The zero-order valence-electron chi connectivity index (χ0n) is 7.96. The molecule has 0 aliphatic carbocycles. The molecule has 1 aromatic carbocycles. The molecule has 0 radical (unpaired) electrons. The molecule has 0 aromatic heterocycles. The number of hydrazine groups is 1. The quantitative estimate of drug-likeness (QED) is 0.737. The van der Waals surface area contributed by atoms with E-state index in [2.05, 4.69) is 15.8 Å². The van der Waals surface area contributed by atoms with Crippen molar-refractivity contribution in [2.45, 2.75) is 6.42 Å². The second-order valence-electron chi connectivity index (χ2n) is 3.24. The van der Waals surface area contributed by atoms with Gasteiger partial charge in [-0.25, -0.2) is 4.39 Å². The second-order valence-corrected chi connectivity index (χ2v) is 3.24. The van der Waals surface area contributed by atoms with Crippen molar-refractivity contribution in [1.82, 2.24) is 10.9 Å². The van der Waals surface area contributed by atoms with Crippen LogP contribution in [-0.4, -0.2) is 18.3 Å². The molecule has 0 saturated carbocycles. The van der Waals surface area contributed by atoms with Crippen LogP contribution in [0, 0.1) is 5.82 Å². The molecule has 0 unspecified atom stereocenters. The first-order valence-electron chi connectivity index (χ1n) is 4.56. The molecule has 2 rings (SSSR count). The SMILES string of the molecule is O=C1CN=C(Cc2ccc(F)cc2)NN1. The fourth-order valence-electron chi connectivity index (χ4n) is 1.28. The average molecular weight is 207 g/mol. The number of amidine groups is 1. The lowest BCUT2D eigenvalue weighted by molar-refractivity contribution is -0.120. The summed E-state index contributed by atoms with van der Waals surface area (Å²) in [6, 6.07) is 6.18. The van der Waals surface area contributed by atoms with Crippen molar-refractivity contribution >= 4 is 11.7 Å². The van der Waals surface area contributed by atoms with Crippen molar-refractivity contribution in [2.24, 2.45) is 4.99 Å². The Kier molecular flexibility index (Phi) is 2.62. The molecule has 1 aliphatic heterocycles. The summed E-state index contributed by atoms with van der Waals surface area (Å²) in [6.45, 7) is 0.142. The predicted molar refractivity (Wildman–Crippen MR) is 53.7 cm³/mol. The predicted octanol–water partition coefficient (Wildman–Crippen LogP) is 0.401. The first kappa shape index (κ1) is 9.64. The van der Waals surface area contributed by atoms with E-state index in [1.807, 2.05) is 0 Å². The van der Waals surface area contributed by atoms with Gasteiger partial charge in [-0.05, 0) is 17.7 Å². The van der Waals surface area contributed by atoms with Gasteiger partial charge in [-0.15, -0.1) is 0 Å². The van der Waals surface area contributed by atoms with E-state index in [-0.39, 0.29) is 18.3 Å². The Labute approximate surface area is 86.2 Å². The van der Waals surface area contributed by atoms with Gasteiger partial charge >= 0.3 is 0 Å². The van der Waals surface area contributed by atoms with Crippen molar-refractivity contribution in [3.8, 4) is 0 Å². The van der Waals surface area contributed by atoms with E-state index >= 15 is 0 Å². The molecule has 2 N–H and O–H groups in total. The number of hydrogen-bond acceptors (Lipinski definition) is 3. The van der Waals surface area contributed by atoms with Crippen LogP contribution in [-0.2, 0) is 11.2 Å². The van der Waals surface area contributed by atoms with Gasteiger partial charge in [0.15, 0.2) is 0 Å². The van der Waals surface area contributed by atoms with Gasteiger partial charge in [0.05, 0.1) is 0 Å². The number of aliphatic imine (C=N–C) groups is 1. The smallest absolute Gasteiger partial charge is 0.260 e. The van der Waals surface area contributed by atoms with Crippen LogP contribution in [0.3, 0.4) is 0 Å². The van der Waals surface area contributed by atoms with Crippen LogP contribution in [0.25, 0.3) is 0 Å². The van der Waals surface area contributed by atoms with E-state index < -0.39 is 0 Å². The van der Waals surface area contributed by atoms with Gasteiger partial charge in [0, 0.05) is 6.42 Å². The lowest BCUT2D eigenvalue weighted by atomic mass is 10.1. The lowest BCUT2D eigenvalue weighted by Gasteiger charge is -2.15. The number of amides is 1. The van der Waals surface area contributed by atoms with E-state index in [1.165, 1.54) is 12.1 Å². The molecule has 1 aliphatic rings. The molecule has 1 amide bonds. The molecule has 4 nitrogen and oxygen atoms in total. The molecule has 78 valence electrons. The zero-order valence-corrected chi connectivity index (χ0v) is 7.96. The van der Waals surface area contributed by atoms with Gasteiger partial charge in [-0.2, -0.15) is 0 Å². The summed E-state index contributed by atoms with van der Waals surface area (Å²) in [5.74, 6) is 0.268. The van der Waals surface area contributed by atoms with Crippen LogP contribution in [0.4, 0.5) is 4.39 Å². The first-order chi connectivity index (χ1) is 7.24. The number of carbonyl (C=O) groups is 1. The van der Waals surface area contributed by atoms with Crippen molar-refractivity contribution in [3.05, 3.63) is 35.6 Å². The van der Waals surface area contributed by atoms with Gasteiger partial charge in [0.2, 0.25) is 0 Å². The highest BCUT2D eigenvalue weighted by atomic mass is 19.1. The molecule has 0 saturated heterocycles. The zero-order chi connectivity index (χ0) is 10.7. The summed E-state index contributed by atoms with van der Waals surface area (Å²) in [5.41, 5.74) is 6.10. The Bertz CT molecular complexity index is 400. The molecule has 5 heteroatoms. The summed E-state index contributed by atoms with van der Waals surface area (Å²) in [4.78, 5) is 14.8. The monoisotopic (exact) mass is 207 g/mol. The van der Waals surface area contributed by atoms with E-state index in [9.17, 15) is 9.18 Å². The van der Waals surface area contributed by atoms with Crippen LogP contribution >= 0.6 is 0 Å². The second kappa shape index (κ2) is 4.08. The standard InChI is InChI=1S/C10H10FN3O/c11-8-3-1-7(2-4-8)5-9-12-6-10(15)14-13-9/h1-4H,5-6H2,(H,12,13)(H,14,15). The van der Waals surface area contributed by atoms with E-state index in [0.29, 0.717) is 12.3 Å². The van der Waals surface area contributed by atoms with Crippen molar-refractivity contribution in [2.75, 3.05) is 6.54 Å². The Morgan fingerprint density at radius 2 is 2.00 bits per heavy atom. The topological polar surface area (TPSA) is 53.5 Å². The van der Waals surface area contributed by atoms with Crippen LogP contribution in [0.15, 0.2) is 29.3 Å². The summed E-state index contributed by atoms with van der Waals surface area (Å²) < 4.78 is 12.6. The van der Waals surface area contributed by atoms with Crippen LogP contribution in [0.5, 0.6) is 0 Å². The number of nitrogens with one attached hydrogen (secondary N) is 2. The van der Waals surface area contributed by atoms with Crippen molar-refractivity contribution in [1.29, 1.82) is 0 Å². The lowest BCUT2D eigenvalue weighted by Crippen LogP contribution is -2.47. The highest BCUT2D eigenvalue weighted by Gasteiger charge is 2.09. The molecule has 1 aromatic rings. The van der Waals surface area contributed by atoms with Gasteiger partial charge in [0.25, 0.3) is 5.91 Å². The minimum Gasteiger partial charge on any atom is -0.285 e. The molecule has 15 heavy (non-hydrogen) atoms. The van der Waals surface area contributed by atoms with Gasteiger partial charge in [0.1, 0.15) is 18.2 Å². The number of carbonyl (C=O) groups excluding carboxylic acids is 1. The largest absolute Gasteiger partial charge is 0.285 e. The maximum atomic E-state index is 12.6. The Balaban J connectivity index is 2.03. The molecular formula is C10H10FN3O. The number of rotatable bonds is 2. The van der Waals surface area contributed by atoms with Crippen LogP contribution in [0.2, 0.25) is 0 Å². The number of benzene rings is 1. The minimum atomic E-state index is -0.259. The number of hydrogen-bond donors (Lipinski definition) is 2. The first-order valence-corrected chi connectivity index (χ1v) is 4.56. The Morgan fingerprint density at radius 3 is 2.60 bits per heavy atom. The third kappa shape index (κ3) is 2.52. The maximum absolute atomic E-state index is 12.6. The third-order valence-corrected chi connectivity index (χ3v) is 2.04. The fraction of sp³-hybridized carbons (Fsp3) is 0.200. The number of nitrogens with zero attached hydrogens (tertiary/aromatic N) is 1. The van der Waals surface area contributed by atoms with E-state index in [1.54, 1.807) is 12.1 Å². The van der Waals surface area contributed by atoms with Crippen molar-refractivity contribution < 1.29 is 9.18 Å². The third-order valence-electron chi connectivity index (χ3n) is 2.04. The summed E-state index contributed by atoms with van der Waals surface area (Å²) >= 11 is 0. The normalized spacial score (nSPS) is 15.3. The molecule has 0 bridgehead atoms. The van der Waals surface area contributed by atoms with E-state index in [0.717, 1.165) is 5.56 Å². The summed E-state index contributed by atoms with van der Waals surface area (Å²) in [5, 5.41) is 0. The van der Waals surface area contributed by atoms with Gasteiger partial charge in [-0.3, -0.25) is 20.6 Å². The minimum absolute atomic E-state index is 0.142. The molecule has 0 atom stereocenters. The molecule has 1 heterocycles.